The Morgan fingerprint density at radius 1 is 1.30 bits per heavy atom. The summed E-state index contributed by atoms with van der Waals surface area (Å²) < 4.78 is 6.90. The molecule has 2 amide bonds. The monoisotopic (exact) mass is 407 g/mol. The molecule has 4 heterocycles. The zero-order valence-corrected chi connectivity index (χ0v) is 15.9. The lowest BCUT2D eigenvalue weighted by Gasteiger charge is -2.21. The predicted molar refractivity (Wildman–Crippen MR) is 103 cm³/mol. The van der Waals surface area contributed by atoms with Gasteiger partial charge in [0.05, 0.1) is 18.3 Å². The molecule has 1 aromatic carbocycles. The minimum absolute atomic E-state index is 0.131. The Bertz CT molecular complexity index is 1120. The van der Waals surface area contributed by atoms with Gasteiger partial charge in [0.1, 0.15) is 12.4 Å². The van der Waals surface area contributed by atoms with Crippen LogP contribution in [-0.4, -0.2) is 73.1 Å². The molecule has 2 atom stereocenters. The lowest BCUT2D eigenvalue weighted by atomic mass is 10.0. The van der Waals surface area contributed by atoms with E-state index in [-0.39, 0.29) is 12.6 Å². The minimum atomic E-state index is -1.06. The first-order valence-corrected chi connectivity index (χ1v) is 9.28. The molecule has 11 nitrogen and oxygen atoms in total. The highest BCUT2D eigenvalue weighted by molar-refractivity contribution is 5.94. The SMILES string of the molecule is CN(C[C@@H]1OC(=O)N2c3ccc(-c4ccc(-n5cnnn5)nc4)cc3C[C@@H]12)C(=O)O. The standard InChI is InChI=1S/C19H17N7O4/c1-24(18(27)28)9-16-15-7-13-6-11(2-4-14(13)26(15)19(29)30-16)12-3-5-17(20-8-12)25-10-21-22-23-25/h2-6,8,10,15-16H,7,9H2,1H3,(H,27,28)/t15-,16-/m0/s1. The number of hydrogen-bond acceptors (Lipinski definition) is 7. The maximum Gasteiger partial charge on any atom is 0.415 e. The van der Waals surface area contributed by atoms with E-state index in [0.29, 0.717) is 12.2 Å². The maximum absolute atomic E-state index is 12.4. The molecular formula is C19H17N7O4. The summed E-state index contributed by atoms with van der Waals surface area (Å²) in [5.74, 6) is 0.610. The molecule has 0 bridgehead atoms. The van der Waals surface area contributed by atoms with Gasteiger partial charge in [0, 0.05) is 18.8 Å². The van der Waals surface area contributed by atoms with Crippen LogP contribution < -0.4 is 4.90 Å². The van der Waals surface area contributed by atoms with Crippen molar-refractivity contribution >= 4 is 17.9 Å². The van der Waals surface area contributed by atoms with Gasteiger partial charge in [-0.1, -0.05) is 6.07 Å². The first-order chi connectivity index (χ1) is 14.5. The van der Waals surface area contributed by atoms with Crippen LogP contribution in [0, 0.1) is 0 Å². The van der Waals surface area contributed by atoms with Gasteiger partial charge in [0.2, 0.25) is 0 Å². The Morgan fingerprint density at radius 2 is 2.13 bits per heavy atom. The molecule has 1 N–H and O–H groups in total. The maximum atomic E-state index is 12.4. The van der Waals surface area contributed by atoms with E-state index in [1.54, 1.807) is 11.1 Å². The summed E-state index contributed by atoms with van der Waals surface area (Å²) in [6.45, 7) is 0.131. The van der Waals surface area contributed by atoms with Gasteiger partial charge in [-0.3, -0.25) is 4.90 Å². The second-order valence-corrected chi connectivity index (χ2v) is 7.23. The van der Waals surface area contributed by atoms with Crippen molar-refractivity contribution in [2.24, 2.45) is 0 Å². The summed E-state index contributed by atoms with van der Waals surface area (Å²) in [5.41, 5.74) is 3.71. The molecular weight excluding hydrogens is 390 g/mol. The zero-order chi connectivity index (χ0) is 20.8. The highest BCUT2D eigenvalue weighted by atomic mass is 16.6. The summed E-state index contributed by atoms with van der Waals surface area (Å²) >= 11 is 0. The number of aromatic nitrogens is 5. The highest BCUT2D eigenvalue weighted by Gasteiger charge is 2.48. The molecule has 2 aromatic heterocycles. The number of rotatable bonds is 4. The normalized spacial score (nSPS) is 19.4. The van der Waals surface area contributed by atoms with Crippen molar-refractivity contribution in [2.75, 3.05) is 18.5 Å². The van der Waals surface area contributed by atoms with Gasteiger partial charge in [-0.25, -0.2) is 14.6 Å². The average molecular weight is 407 g/mol. The van der Waals surface area contributed by atoms with Gasteiger partial charge >= 0.3 is 12.2 Å². The molecule has 152 valence electrons. The fourth-order valence-corrected chi connectivity index (χ4v) is 3.92. The number of carbonyl (C=O) groups is 2. The number of fused-ring (bicyclic) bond motifs is 3. The van der Waals surface area contributed by atoms with Crippen LogP contribution in [0.3, 0.4) is 0 Å². The summed E-state index contributed by atoms with van der Waals surface area (Å²) in [4.78, 5) is 30.7. The molecule has 1 fully saturated rings. The van der Waals surface area contributed by atoms with E-state index in [4.69, 9.17) is 9.84 Å². The molecule has 0 radical (unpaired) electrons. The van der Waals surface area contributed by atoms with Crippen molar-refractivity contribution < 1.29 is 19.4 Å². The van der Waals surface area contributed by atoms with E-state index in [0.717, 1.165) is 27.3 Å². The summed E-state index contributed by atoms with van der Waals surface area (Å²) in [6.07, 6.45) is 1.81. The van der Waals surface area contributed by atoms with Gasteiger partial charge in [0.25, 0.3) is 0 Å². The van der Waals surface area contributed by atoms with E-state index >= 15 is 0 Å². The number of pyridine rings is 1. The number of tetrazole rings is 1. The minimum Gasteiger partial charge on any atom is -0.465 e. The number of carbonyl (C=O) groups excluding carboxylic acids is 1. The number of ether oxygens (including phenoxy) is 1. The first-order valence-electron chi connectivity index (χ1n) is 9.28. The molecule has 2 aliphatic rings. The van der Waals surface area contributed by atoms with Crippen molar-refractivity contribution in [1.82, 2.24) is 30.1 Å². The summed E-state index contributed by atoms with van der Waals surface area (Å²) in [5, 5.41) is 20.1. The predicted octanol–water partition coefficient (Wildman–Crippen LogP) is 1.58. The first kappa shape index (κ1) is 18.0. The fraction of sp³-hybridized carbons (Fsp3) is 0.263. The Balaban J connectivity index is 1.39. The van der Waals surface area contributed by atoms with Crippen LogP contribution in [0.2, 0.25) is 0 Å². The van der Waals surface area contributed by atoms with Gasteiger partial charge in [-0.15, -0.1) is 5.10 Å². The molecule has 5 rings (SSSR count). The molecule has 2 aliphatic heterocycles. The number of amides is 2. The molecule has 11 heteroatoms. The largest absolute Gasteiger partial charge is 0.465 e. The Hall–Kier alpha value is -4.02. The lowest BCUT2D eigenvalue weighted by Crippen LogP contribution is -2.41. The van der Waals surface area contributed by atoms with E-state index in [1.165, 1.54) is 18.1 Å². The number of likely N-dealkylation sites (N-methyl/N-ethyl adjacent to an activating group) is 1. The average Bonchev–Trinajstić information content (AvgIpc) is 3.46. The summed E-state index contributed by atoms with van der Waals surface area (Å²) in [7, 11) is 1.46. The number of hydrogen-bond donors (Lipinski definition) is 1. The molecule has 30 heavy (non-hydrogen) atoms. The van der Waals surface area contributed by atoms with Crippen molar-refractivity contribution in [1.29, 1.82) is 0 Å². The van der Waals surface area contributed by atoms with Crippen molar-refractivity contribution in [3.05, 3.63) is 48.4 Å². The molecule has 0 saturated carbocycles. The van der Waals surface area contributed by atoms with E-state index in [2.05, 4.69) is 20.5 Å². The third-order valence-electron chi connectivity index (χ3n) is 5.42. The quantitative estimate of drug-likeness (QED) is 0.691. The number of nitrogens with zero attached hydrogens (tertiary/aromatic N) is 7. The smallest absolute Gasteiger partial charge is 0.415 e. The van der Waals surface area contributed by atoms with Gasteiger partial charge in [-0.2, -0.15) is 4.68 Å². The second kappa shape index (κ2) is 6.79. The number of carboxylic acid groups (broad SMARTS) is 1. The third-order valence-corrected chi connectivity index (χ3v) is 5.42. The van der Waals surface area contributed by atoms with Gasteiger partial charge in [-0.05, 0) is 52.2 Å². The highest BCUT2D eigenvalue weighted by Crippen LogP contribution is 2.40. The molecule has 0 aliphatic carbocycles. The van der Waals surface area contributed by atoms with E-state index in [1.807, 2.05) is 30.3 Å². The van der Waals surface area contributed by atoms with Gasteiger partial charge < -0.3 is 14.7 Å². The van der Waals surface area contributed by atoms with Crippen LogP contribution in [0.15, 0.2) is 42.9 Å². The van der Waals surface area contributed by atoms with Crippen LogP contribution in [0.4, 0.5) is 15.3 Å². The van der Waals surface area contributed by atoms with E-state index in [9.17, 15) is 9.59 Å². The molecule has 1 saturated heterocycles. The van der Waals surface area contributed by atoms with Crippen LogP contribution >= 0.6 is 0 Å². The Morgan fingerprint density at radius 3 is 2.83 bits per heavy atom. The van der Waals surface area contributed by atoms with E-state index < -0.39 is 18.3 Å². The van der Waals surface area contributed by atoms with Crippen LogP contribution in [-0.2, 0) is 11.2 Å². The van der Waals surface area contributed by atoms with Crippen LogP contribution in [0.1, 0.15) is 5.56 Å². The van der Waals surface area contributed by atoms with Crippen molar-refractivity contribution in [2.45, 2.75) is 18.6 Å². The fourth-order valence-electron chi connectivity index (χ4n) is 3.92. The summed E-state index contributed by atoms with van der Waals surface area (Å²) in [6, 6.07) is 9.40. The van der Waals surface area contributed by atoms with Crippen LogP contribution in [0.25, 0.3) is 16.9 Å². The second-order valence-electron chi connectivity index (χ2n) is 7.23. The Kier molecular flexibility index (Phi) is 4.09. The van der Waals surface area contributed by atoms with Gasteiger partial charge in [0.15, 0.2) is 5.82 Å². The van der Waals surface area contributed by atoms with Crippen LogP contribution in [0.5, 0.6) is 0 Å². The van der Waals surface area contributed by atoms with Crippen molar-refractivity contribution in [3.8, 4) is 16.9 Å². The topological polar surface area (TPSA) is 127 Å². The zero-order valence-electron chi connectivity index (χ0n) is 15.9. The van der Waals surface area contributed by atoms with Crippen molar-refractivity contribution in [3.63, 3.8) is 0 Å². The molecule has 3 aromatic rings. The number of anilines is 1. The molecule has 0 unspecified atom stereocenters. The number of benzene rings is 1. The Labute approximate surface area is 170 Å². The third kappa shape index (κ3) is 2.91. The molecule has 0 spiro atoms. The lowest BCUT2D eigenvalue weighted by molar-refractivity contribution is 0.0961. The number of cyclic esters (lactones) is 1.